The number of pyridine rings is 2. The zero-order chi connectivity index (χ0) is 12.8. The monoisotopic (exact) mass is 261 g/mol. The average Bonchev–Trinajstić information content (AvgIpc) is 2.42. The molecule has 0 aliphatic rings. The zero-order valence-corrected chi connectivity index (χ0v) is 11.1. The third-order valence-corrected chi connectivity index (χ3v) is 3.18. The fourth-order valence-corrected chi connectivity index (χ4v) is 2.14. The van der Waals surface area contributed by atoms with E-state index in [0.29, 0.717) is 0 Å². The van der Waals surface area contributed by atoms with Gasteiger partial charge in [-0.15, -0.1) is 0 Å². The van der Waals surface area contributed by atoms with E-state index < -0.39 is 0 Å². The molecular formula is C14H16ClN3. The van der Waals surface area contributed by atoms with Gasteiger partial charge in [-0.1, -0.05) is 18.5 Å². The van der Waals surface area contributed by atoms with Gasteiger partial charge in [0.15, 0.2) is 0 Å². The minimum absolute atomic E-state index is 0.248. The van der Waals surface area contributed by atoms with Crippen molar-refractivity contribution in [3.8, 4) is 0 Å². The SMILES string of the molecule is CCNC(Cc1ccncc1Cl)c1ccncc1. The molecule has 0 spiro atoms. The Kier molecular flexibility index (Phi) is 4.67. The summed E-state index contributed by atoms with van der Waals surface area (Å²) in [5.41, 5.74) is 2.33. The van der Waals surface area contributed by atoms with E-state index in [4.69, 9.17) is 11.6 Å². The number of rotatable bonds is 5. The van der Waals surface area contributed by atoms with Crippen LogP contribution in [0.1, 0.15) is 24.1 Å². The molecule has 0 aromatic carbocycles. The summed E-state index contributed by atoms with van der Waals surface area (Å²) in [6.45, 7) is 3.01. The van der Waals surface area contributed by atoms with Crippen molar-refractivity contribution in [3.05, 3.63) is 59.1 Å². The van der Waals surface area contributed by atoms with E-state index >= 15 is 0 Å². The summed E-state index contributed by atoms with van der Waals surface area (Å²) in [5.74, 6) is 0. The zero-order valence-electron chi connectivity index (χ0n) is 10.3. The summed E-state index contributed by atoms with van der Waals surface area (Å²) < 4.78 is 0. The van der Waals surface area contributed by atoms with E-state index in [1.165, 1.54) is 5.56 Å². The van der Waals surface area contributed by atoms with Crippen LogP contribution in [-0.2, 0) is 6.42 Å². The van der Waals surface area contributed by atoms with Crippen LogP contribution < -0.4 is 5.32 Å². The Morgan fingerprint density at radius 3 is 2.56 bits per heavy atom. The molecule has 1 N–H and O–H groups in total. The van der Waals surface area contributed by atoms with Crippen molar-refractivity contribution in [2.75, 3.05) is 6.54 Å². The number of hydrogen-bond acceptors (Lipinski definition) is 3. The fraction of sp³-hybridized carbons (Fsp3) is 0.286. The Morgan fingerprint density at radius 1 is 1.17 bits per heavy atom. The van der Waals surface area contributed by atoms with E-state index in [1.807, 2.05) is 30.6 Å². The van der Waals surface area contributed by atoms with E-state index in [-0.39, 0.29) is 6.04 Å². The molecule has 3 nitrogen and oxygen atoms in total. The maximum absolute atomic E-state index is 6.15. The predicted molar refractivity (Wildman–Crippen MR) is 73.6 cm³/mol. The second-order valence-electron chi connectivity index (χ2n) is 4.06. The number of halogens is 1. The first-order chi connectivity index (χ1) is 8.81. The number of hydrogen-bond donors (Lipinski definition) is 1. The molecule has 18 heavy (non-hydrogen) atoms. The fourth-order valence-electron chi connectivity index (χ4n) is 1.94. The van der Waals surface area contributed by atoms with Crippen LogP contribution in [0.25, 0.3) is 0 Å². The topological polar surface area (TPSA) is 37.8 Å². The third kappa shape index (κ3) is 3.28. The maximum atomic E-state index is 6.15. The van der Waals surface area contributed by atoms with Gasteiger partial charge in [0.1, 0.15) is 0 Å². The molecule has 4 heteroatoms. The van der Waals surface area contributed by atoms with Crippen LogP contribution in [0.2, 0.25) is 5.02 Å². The maximum Gasteiger partial charge on any atom is 0.0622 e. The third-order valence-electron chi connectivity index (χ3n) is 2.84. The summed E-state index contributed by atoms with van der Waals surface area (Å²) in [5, 5.41) is 4.18. The lowest BCUT2D eigenvalue weighted by atomic mass is 10.0. The molecule has 0 radical (unpaired) electrons. The molecule has 0 aliphatic carbocycles. The highest BCUT2D eigenvalue weighted by Gasteiger charge is 2.12. The van der Waals surface area contributed by atoms with Crippen LogP contribution in [0, 0.1) is 0 Å². The highest BCUT2D eigenvalue weighted by atomic mass is 35.5. The Bertz CT molecular complexity index is 487. The van der Waals surface area contributed by atoms with Gasteiger partial charge in [0.25, 0.3) is 0 Å². The van der Waals surface area contributed by atoms with E-state index in [9.17, 15) is 0 Å². The van der Waals surface area contributed by atoms with Crippen LogP contribution in [-0.4, -0.2) is 16.5 Å². The summed E-state index contributed by atoms with van der Waals surface area (Å²) in [6.07, 6.45) is 7.93. The molecule has 0 aliphatic heterocycles. The molecule has 1 unspecified atom stereocenters. The molecule has 1 atom stereocenters. The Labute approximate surface area is 112 Å². The lowest BCUT2D eigenvalue weighted by Crippen LogP contribution is -2.23. The minimum Gasteiger partial charge on any atom is -0.310 e. The Morgan fingerprint density at radius 2 is 1.89 bits per heavy atom. The van der Waals surface area contributed by atoms with E-state index in [0.717, 1.165) is 23.6 Å². The number of nitrogens with zero attached hydrogens (tertiary/aromatic N) is 2. The molecule has 2 aromatic rings. The quantitative estimate of drug-likeness (QED) is 0.899. The minimum atomic E-state index is 0.248. The molecule has 0 saturated heterocycles. The largest absolute Gasteiger partial charge is 0.310 e. The molecule has 0 fully saturated rings. The van der Waals surface area contributed by atoms with E-state index in [1.54, 1.807) is 12.4 Å². The molecule has 2 rings (SSSR count). The number of likely N-dealkylation sites (N-methyl/N-ethyl adjacent to an activating group) is 1. The Hall–Kier alpha value is -1.45. The van der Waals surface area contributed by atoms with Gasteiger partial charge in [0.2, 0.25) is 0 Å². The Balaban J connectivity index is 2.19. The summed E-state index contributed by atoms with van der Waals surface area (Å²) in [6, 6.07) is 6.27. The van der Waals surface area contributed by atoms with Gasteiger partial charge in [-0.3, -0.25) is 9.97 Å². The van der Waals surface area contributed by atoms with E-state index in [2.05, 4.69) is 22.2 Å². The standard InChI is InChI=1S/C14H16ClN3/c1-2-18-14(11-3-6-16-7-4-11)9-12-5-8-17-10-13(12)15/h3-8,10,14,18H,2,9H2,1H3. The average molecular weight is 262 g/mol. The van der Waals surface area contributed by atoms with Crippen molar-refractivity contribution in [2.45, 2.75) is 19.4 Å². The number of aromatic nitrogens is 2. The van der Waals surface area contributed by atoms with Gasteiger partial charge in [-0.25, -0.2) is 0 Å². The summed E-state index contributed by atoms with van der Waals surface area (Å²) >= 11 is 6.15. The van der Waals surface area contributed by atoms with Crippen molar-refractivity contribution in [1.29, 1.82) is 0 Å². The normalized spacial score (nSPS) is 12.3. The molecule has 2 heterocycles. The van der Waals surface area contributed by atoms with Gasteiger partial charge in [-0.05, 0) is 42.3 Å². The molecule has 94 valence electrons. The van der Waals surface area contributed by atoms with Crippen molar-refractivity contribution >= 4 is 11.6 Å². The first-order valence-electron chi connectivity index (χ1n) is 6.03. The van der Waals surface area contributed by atoms with Gasteiger partial charge in [0, 0.05) is 30.8 Å². The molecule has 0 amide bonds. The summed E-state index contributed by atoms with van der Waals surface area (Å²) in [4.78, 5) is 8.06. The first-order valence-corrected chi connectivity index (χ1v) is 6.40. The number of nitrogens with one attached hydrogen (secondary N) is 1. The van der Waals surface area contributed by atoms with Gasteiger partial charge in [-0.2, -0.15) is 0 Å². The first kappa shape index (κ1) is 13.0. The van der Waals surface area contributed by atoms with Crippen molar-refractivity contribution in [3.63, 3.8) is 0 Å². The lowest BCUT2D eigenvalue weighted by Gasteiger charge is -2.18. The van der Waals surface area contributed by atoms with Crippen LogP contribution in [0.5, 0.6) is 0 Å². The van der Waals surface area contributed by atoms with Crippen LogP contribution in [0.4, 0.5) is 0 Å². The smallest absolute Gasteiger partial charge is 0.0622 e. The van der Waals surface area contributed by atoms with Crippen LogP contribution in [0.3, 0.4) is 0 Å². The second kappa shape index (κ2) is 6.47. The van der Waals surface area contributed by atoms with Gasteiger partial charge < -0.3 is 5.32 Å². The molecular weight excluding hydrogens is 246 g/mol. The van der Waals surface area contributed by atoms with Crippen molar-refractivity contribution < 1.29 is 0 Å². The van der Waals surface area contributed by atoms with Crippen molar-refractivity contribution in [2.24, 2.45) is 0 Å². The highest BCUT2D eigenvalue weighted by Crippen LogP contribution is 2.22. The van der Waals surface area contributed by atoms with Crippen LogP contribution in [0.15, 0.2) is 43.0 Å². The highest BCUT2D eigenvalue weighted by molar-refractivity contribution is 6.31. The summed E-state index contributed by atoms with van der Waals surface area (Å²) in [7, 11) is 0. The predicted octanol–water partition coefficient (Wildman–Crippen LogP) is 3.02. The second-order valence-corrected chi connectivity index (χ2v) is 4.47. The van der Waals surface area contributed by atoms with Gasteiger partial charge in [0.05, 0.1) is 5.02 Å². The van der Waals surface area contributed by atoms with Crippen LogP contribution >= 0.6 is 11.6 Å². The molecule has 0 bridgehead atoms. The lowest BCUT2D eigenvalue weighted by molar-refractivity contribution is 0.549. The van der Waals surface area contributed by atoms with Gasteiger partial charge >= 0.3 is 0 Å². The molecule has 0 saturated carbocycles. The van der Waals surface area contributed by atoms with Crippen molar-refractivity contribution in [1.82, 2.24) is 15.3 Å². The molecule has 2 aromatic heterocycles.